The number of nitrogens with zero attached hydrogens (tertiary/aromatic N) is 1. The molecular formula is C14H8ClNO2S. The van der Waals surface area contributed by atoms with Crippen LogP contribution in [-0.4, -0.2) is 16.1 Å². The second-order valence-corrected chi connectivity index (χ2v) is 5.49. The van der Waals surface area contributed by atoms with Gasteiger partial charge in [-0.3, -0.25) is 4.98 Å². The quantitative estimate of drug-likeness (QED) is 0.764. The number of halogens is 1. The van der Waals surface area contributed by atoms with E-state index in [-0.39, 0.29) is 5.56 Å². The Kier molecular flexibility index (Phi) is 2.97. The minimum absolute atomic E-state index is 0.183. The fraction of sp³-hybridized carbons (Fsp3) is 0. The molecular weight excluding hydrogens is 282 g/mol. The molecule has 0 amide bonds. The summed E-state index contributed by atoms with van der Waals surface area (Å²) in [6, 6.07) is 11.0. The van der Waals surface area contributed by atoms with Crippen LogP contribution in [0.25, 0.3) is 20.7 Å². The molecule has 0 fully saturated rings. The molecule has 0 aliphatic rings. The lowest BCUT2D eigenvalue weighted by Gasteiger charge is -1.97. The van der Waals surface area contributed by atoms with Gasteiger partial charge in [-0.05, 0) is 30.3 Å². The Hall–Kier alpha value is -1.91. The Morgan fingerprint density at radius 1 is 1.26 bits per heavy atom. The maximum Gasteiger partial charge on any atom is 0.337 e. The van der Waals surface area contributed by atoms with Crippen molar-refractivity contribution in [1.29, 1.82) is 0 Å². The third kappa shape index (κ3) is 2.20. The first-order valence-electron chi connectivity index (χ1n) is 5.53. The molecule has 3 nitrogen and oxygen atoms in total. The van der Waals surface area contributed by atoms with Crippen molar-refractivity contribution in [2.24, 2.45) is 0 Å². The molecule has 0 aliphatic heterocycles. The number of benzene rings is 1. The zero-order chi connectivity index (χ0) is 13.4. The Morgan fingerprint density at radius 2 is 2.11 bits per heavy atom. The van der Waals surface area contributed by atoms with Gasteiger partial charge in [0.2, 0.25) is 0 Å². The molecule has 19 heavy (non-hydrogen) atoms. The van der Waals surface area contributed by atoms with Gasteiger partial charge in [-0.1, -0.05) is 17.7 Å². The first-order chi connectivity index (χ1) is 9.15. The molecule has 1 N–H and O–H groups in total. The Bertz CT molecular complexity index is 765. The summed E-state index contributed by atoms with van der Waals surface area (Å²) in [5.41, 5.74) is 0.935. The number of thiophene rings is 1. The highest BCUT2D eigenvalue weighted by molar-refractivity contribution is 7.22. The number of fused-ring (bicyclic) bond motifs is 1. The molecule has 1 aromatic carbocycles. The van der Waals surface area contributed by atoms with E-state index >= 15 is 0 Å². The summed E-state index contributed by atoms with van der Waals surface area (Å²) in [6.07, 6.45) is 1.36. The highest BCUT2D eigenvalue weighted by atomic mass is 35.5. The average Bonchev–Trinajstić information content (AvgIpc) is 2.84. The van der Waals surface area contributed by atoms with Gasteiger partial charge in [0.05, 0.1) is 16.1 Å². The van der Waals surface area contributed by atoms with Crippen LogP contribution in [0, 0.1) is 0 Å². The average molecular weight is 290 g/mol. The zero-order valence-electron chi connectivity index (χ0n) is 9.63. The first kappa shape index (κ1) is 12.1. The van der Waals surface area contributed by atoms with Crippen LogP contribution in [0.15, 0.2) is 42.6 Å². The van der Waals surface area contributed by atoms with Crippen molar-refractivity contribution < 1.29 is 9.90 Å². The highest BCUT2D eigenvalue weighted by Crippen LogP contribution is 2.35. The summed E-state index contributed by atoms with van der Waals surface area (Å²) < 4.78 is 1.09. The van der Waals surface area contributed by atoms with Crippen molar-refractivity contribution in [2.75, 3.05) is 0 Å². The van der Waals surface area contributed by atoms with Crippen LogP contribution in [0.1, 0.15) is 10.4 Å². The van der Waals surface area contributed by atoms with Gasteiger partial charge < -0.3 is 5.11 Å². The predicted octanol–water partition coefficient (Wildman–Crippen LogP) is 4.31. The molecule has 2 aromatic heterocycles. The maximum absolute atomic E-state index is 10.8. The SMILES string of the molecule is O=C(O)c1ccc(-c2cc3c(Cl)cccc3s2)nc1. The van der Waals surface area contributed by atoms with E-state index in [4.69, 9.17) is 16.7 Å². The molecule has 2 heterocycles. The van der Waals surface area contributed by atoms with E-state index in [1.54, 1.807) is 23.5 Å². The Morgan fingerprint density at radius 3 is 2.74 bits per heavy atom. The number of pyridine rings is 1. The highest BCUT2D eigenvalue weighted by Gasteiger charge is 2.09. The van der Waals surface area contributed by atoms with Crippen molar-refractivity contribution in [3.63, 3.8) is 0 Å². The van der Waals surface area contributed by atoms with E-state index in [0.717, 1.165) is 20.7 Å². The predicted molar refractivity (Wildman–Crippen MR) is 77.0 cm³/mol. The van der Waals surface area contributed by atoms with E-state index in [1.165, 1.54) is 6.20 Å². The molecule has 0 radical (unpaired) electrons. The number of hydrogen-bond donors (Lipinski definition) is 1. The summed E-state index contributed by atoms with van der Waals surface area (Å²) in [7, 11) is 0. The number of carboxylic acids is 1. The van der Waals surface area contributed by atoms with E-state index in [9.17, 15) is 4.79 Å². The first-order valence-corrected chi connectivity index (χ1v) is 6.72. The van der Waals surface area contributed by atoms with E-state index < -0.39 is 5.97 Å². The van der Waals surface area contributed by atoms with Gasteiger partial charge in [0.15, 0.2) is 0 Å². The van der Waals surface area contributed by atoms with Gasteiger partial charge in [-0.25, -0.2) is 4.79 Å². The molecule has 0 saturated heterocycles. The van der Waals surface area contributed by atoms with Crippen LogP contribution in [0.5, 0.6) is 0 Å². The van der Waals surface area contributed by atoms with Crippen LogP contribution in [0.3, 0.4) is 0 Å². The topological polar surface area (TPSA) is 50.2 Å². The van der Waals surface area contributed by atoms with Crippen LogP contribution in [0.2, 0.25) is 5.02 Å². The second kappa shape index (κ2) is 4.64. The number of carbonyl (C=O) groups is 1. The molecule has 0 atom stereocenters. The third-order valence-corrected chi connectivity index (χ3v) is 4.22. The van der Waals surface area contributed by atoms with Gasteiger partial charge in [0.25, 0.3) is 0 Å². The van der Waals surface area contributed by atoms with Crippen LogP contribution < -0.4 is 0 Å². The van der Waals surface area contributed by atoms with Gasteiger partial charge in [0, 0.05) is 21.3 Å². The Labute approximate surface area is 118 Å². The zero-order valence-corrected chi connectivity index (χ0v) is 11.2. The van der Waals surface area contributed by atoms with E-state index in [1.807, 2.05) is 24.3 Å². The van der Waals surface area contributed by atoms with Crippen LogP contribution in [-0.2, 0) is 0 Å². The van der Waals surface area contributed by atoms with Crippen LogP contribution in [0.4, 0.5) is 0 Å². The minimum Gasteiger partial charge on any atom is -0.478 e. The standard InChI is InChI=1S/C14H8ClNO2S/c15-10-2-1-3-12-9(10)6-13(19-12)11-5-4-8(7-16-11)14(17)18/h1-7H,(H,17,18). The molecule has 0 unspecified atom stereocenters. The molecule has 94 valence electrons. The molecule has 3 rings (SSSR count). The van der Waals surface area contributed by atoms with Gasteiger partial charge in [0.1, 0.15) is 0 Å². The number of hydrogen-bond acceptors (Lipinski definition) is 3. The number of aromatic nitrogens is 1. The lowest BCUT2D eigenvalue weighted by atomic mass is 10.2. The summed E-state index contributed by atoms with van der Waals surface area (Å²) >= 11 is 7.72. The van der Waals surface area contributed by atoms with Gasteiger partial charge in [-0.2, -0.15) is 0 Å². The fourth-order valence-corrected chi connectivity index (χ4v) is 3.17. The largest absolute Gasteiger partial charge is 0.478 e. The van der Waals surface area contributed by atoms with Crippen LogP contribution >= 0.6 is 22.9 Å². The molecule has 0 spiro atoms. The summed E-state index contributed by atoms with van der Waals surface area (Å²) in [5.74, 6) is -0.974. The normalized spacial score (nSPS) is 10.8. The second-order valence-electron chi connectivity index (χ2n) is 4.00. The number of carboxylic acid groups (broad SMARTS) is 1. The summed E-state index contributed by atoms with van der Waals surface area (Å²) in [5, 5.41) is 10.5. The Balaban J connectivity index is 2.09. The fourth-order valence-electron chi connectivity index (χ4n) is 1.82. The summed E-state index contributed by atoms with van der Waals surface area (Å²) in [6.45, 7) is 0. The third-order valence-electron chi connectivity index (χ3n) is 2.77. The van der Waals surface area contributed by atoms with Gasteiger partial charge in [-0.15, -0.1) is 11.3 Å². The lowest BCUT2D eigenvalue weighted by Crippen LogP contribution is -1.96. The maximum atomic E-state index is 10.8. The molecule has 3 aromatic rings. The smallest absolute Gasteiger partial charge is 0.337 e. The molecule has 0 saturated carbocycles. The van der Waals surface area contributed by atoms with Crippen molar-refractivity contribution >= 4 is 39.0 Å². The lowest BCUT2D eigenvalue weighted by molar-refractivity contribution is 0.0696. The van der Waals surface area contributed by atoms with Crippen molar-refractivity contribution in [1.82, 2.24) is 4.98 Å². The molecule has 5 heteroatoms. The van der Waals surface area contributed by atoms with Gasteiger partial charge >= 0.3 is 5.97 Å². The van der Waals surface area contributed by atoms with Crippen molar-refractivity contribution in [2.45, 2.75) is 0 Å². The summed E-state index contributed by atoms with van der Waals surface area (Å²) in [4.78, 5) is 15.9. The number of rotatable bonds is 2. The minimum atomic E-state index is -0.974. The molecule has 0 aliphatic carbocycles. The molecule has 0 bridgehead atoms. The van der Waals surface area contributed by atoms with Crippen molar-refractivity contribution in [3.8, 4) is 10.6 Å². The van der Waals surface area contributed by atoms with E-state index in [0.29, 0.717) is 5.02 Å². The number of aromatic carboxylic acids is 1. The van der Waals surface area contributed by atoms with E-state index in [2.05, 4.69) is 4.98 Å². The van der Waals surface area contributed by atoms with Crippen molar-refractivity contribution in [3.05, 3.63) is 53.2 Å². The monoisotopic (exact) mass is 289 g/mol.